The van der Waals surface area contributed by atoms with Crippen LogP contribution in [0.3, 0.4) is 0 Å². The molecule has 36 heavy (non-hydrogen) atoms. The lowest BCUT2D eigenvalue weighted by Crippen LogP contribution is -2.38. The molecular formula is C28H31N3O5. The van der Waals surface area contributed by atoms with E-state index in [1.807, 2.05) is 37.3 Å². The van der Waals surface area contributed by atoms with Gasteiger partial charge in [-0.05, 0) is 55.3 Å². The largest absolute Gasteiger partial charge is 0.497 e. The number of carbonyl (C=O) groups excluding carboxylic acids is 1. The van der Waals surface area contributed by atoms with E-state index in [2.05, 4.69) is 27.0 Å². The monoisotopic (exact) mass is 489 g/mol. The number of rotatable bonds is 8. The Kier molecular flexibility index (Phi) is 7.06. The summed E-state index contributed by atoms with van der Waals surface area (Å²) in [4.78, 5) is 27.7. The molecule has 1 fully saturated rings. The molecule has 5 rings (SSSR count). The number of nitrogens with zero attached hydrogens (tertiary/aromatic N) is 2. The molecule has 2 aromatic heterocycles. The van der Waals surface area contributed by atoms with Crippen molar-refractivity contribution in [1.29, 1.82) is 0 Å². The summed E-state index contributed by atoms with van der Waals surface area (Å²) >= 11 is 0. The quantitative estimate of drug-likeness (QED) is 0.377. The molecule has 0 radical (unpaired) electrons. The minimum Gasteiger partial charge on any atom is -0.497 e. The summed E-state index contributed by atoms with van der Waals surface area (Å²) in [5.41, 5.74) is 3.30. The fraction of sp³-hybridized carbons (Fsp3) is 0.357. The Morgan fingerprint density at radius 3 is 2.72 bits per heavy atom. The van der Waals surface area contributed by atoms with Crippen molar-refractivity contribution in [2.24, 2.45) is 0 Å². The molecule has 0 saturated carbocycles. The summed E-state index contributed by atoms with van der Waals surface area (Å²) in [7, 11) is 1.57. The van der Waals surface area contributed by atoms with Crippen LogP contribution in [-0.4, -0.2) is 55.3 Å². The number of aryl methyl sites for hydroxylation is 1. The molecule has 1 aliphatic heterocycles. The molecule has 8 heteroatoms. The zero-order valence-electron chi connectivity index (χ0n) is 20.7. The molecule has 1 N–H and O–H groups in total. The number of ether oxygens (including phenoxy) is 2. The highest BCUT2D eigenvalue weighted by molar-refractivity contribution is 5.94. The lowest BCUT2D eigenvalue weighted by Gasteiger charge is -2.26. The Labute approximate surface area is 209 Å². The number of hydrogen-bond donors (Lipinski definition) is 1. The SMILES string of the molecule is COc1ccc2c(C)c(CCC(=O)Nc3ccc4c(ccn4CCN4CCOCC4)c3)c(=O)oc2c1. The molecule has 188 valence electrons. The van der Waals surface area contributed by atoms with Crippen LogP contribution in [0.25, 0.3) is 21.9 Å². The summed E-state index contributed by atoms with van der Waals surface area (Å²) < 4.78 is 18.4. The van der Waals surface area contributed by atoms with Gasteiger partial charge in [-0.1, -0.05) is 0 Å². The van der Waals surface area contributed by atoms with Gasteiger partial charge in [-0.2, -0.15) is 0 Å². The molecule has 2 aromatic carbocycles. The third kappa shape index (κ3) is 5.15. The van der Waals surface area contributed by atoms with Crippen molar-refractivity contribution in [3.05, 3.63) is 70.2 Å². The first-order chi connectivity index (χ1) is 17.5. The van der Waals surface area contributed by atoms with Crippen LogP contribution in [0, 0.1) is 6.92 Å². The second kappa shape index (κ2) is 10.6. The number of morpholine rings is 1. The fourth-order valence-corrected chi connectivity index (χ4v) is 4.80. The van der Waals surface area contributed by atoms with Gasteiger partial charge in [0.05, 0.1) is 20.3 Å². The molecule has 1 aliphatic rings. The summed E-state index contributed by atoms with van der Waals surface area (Å²) in [5.74, 6) is 0.483. The molecule has 0 aliphatic carbocycles. The number of fused-ring (bicyclic) bond motifs is 2. The van der Waals surface area contributed by atoms with E-state index in [-0.39, 0.29) is 12.3 Å². The van der Waals surface area contributed by atoms with Gasteiger partial charge in [0.2, 0.25) is 5.91 Å². The van der Waals surface area contributed by atoms with Crippen molar-refractivity contribution in [2.75, 3.05) is 45.3 Å². The third-order valence-corrected chi connectivity index (χ3v) is 6.91. The minimum absolute atomic E-state index is 0.144. The number of carbonyl (C=O) groups is 1. The smallest absolute Gasteiger partial charge is 0.339 e. The second-order valence-electron chi connectivity index (χ2n) is 9.14. The maximum Gasteiger partial charge on any atom is 0.339 e. The molecule has 0 atom stereocenters. The Balaban J connectivity index is 1.22. The highest BCUT2D eigenvalue weighted by Gasteiger charge is 2.15. The zero-order chi connectivity index (χ0) is 25.1. The van der Waals surface area contributed by atoms with Crippen molar-refractivity contribution >= 4 is 33.5 Å². The Morgan fingerprint density at radius 2 is 1.92 bits per heavy atom. The fourth-order valence-electron chi connectivity index (χ4n) is 4.80. The van der Waals surface area contributed by atoms with Gasteiger partial charge in [-0.25, -0.2) is 4.79 Å². The lowest BCUT2D eigenvalue weighted by molar-refractivity contribution is -0.116. The average molecular weight is 490 g/mol. The van der Waals surface area contributed by atoms with Gasteiger partial charge in [0, 0.05) is 72.4 Å². The van der Waals surface area contributed by atoms with E-state index >= 15 is 0 Å². The number of benzene rings is 2. The van der Waals surface area contributed by atoms with Crippen LogP contribution in [-0.2, 0) is 22.5 Å². The highest BCUT2D eigenvalue weighted by atomic mass is 16.5. The van der Waals surface area contributed by atoms with Crippen molar-refractivity contribution in [1.82, 2.24) is 9.47 Å². The number of methoxy groups -OCH3 is 1. The van der Waals surface area contributed by atoms with Gasteiger partial charge in [0.1, 0.15) is 11.3 Å². The Morgan fingerprint density at radius 1 is 1.08 bits per heavy atom. The van der Waals surface area contributed by atoms with Gasteiger partial charge in [-0.3, -0.25) is 9.69 Å². The topological polar surface area (TPSA) is 85.9 Å². The zero-order valence-corrected chi connectivity index (χ0v) is 20.7. The highest BCUT2D eigenvalue weighted by Crippen LogP contribution is 2.25. The van der Waals surface area contributed by atoms with Crippen molar-refractivity contribution in [3.8, 4) is 5.75 Å². The van der Waals surface area contributed by atoms with Crippen LogP contribution in [0.15, 0.2) is 57.9 Å². The maximum atomic E-state index is 12.7. The van der Waals surface area contributed by atoms with E-state index in [0.717, 1.165) is 66.9 Å². The van der Waals surface area contributed by atoms with Crippen LogP contribution in [0.4, 0.5) is 5.69 Å². The molecule has 0 spiro atoms. The second-order valence-corrected chi connectivity index (χ2v) is 9.14. The summed E-state index contributed by atoms with van der Waals surface area (Å²) in [6, 6.07) is 13.4. The molecule has 0 bridgehead atoms. The normalized spacial score (nSPS) is 14.4. The number of aromatic nitrogens is 1. The van der Waals surface area contributed by atoms with E-state index in [4.69, 9.17) is 13.9 Å². The van der Waals surface area contributed by atoms with Gasteiger partial charge >= 0.3 is 5.63 Å². The first-order valence-electron chi connectivity index (χ1n) is 12.3. The standard InChI is InChI=1S/C28H31N3O5/c1-19-23-5-4-22(34-2)18-26(23)36-28(33)24(19)6-8-27(32)29-21-3-7-25-20(17-21)9-10-31(25)12-11-30-13-15-35-16-14-30/h3-5,7,9-10,17-18H,6,8,11-16H2,1-2H3,(H,29,32). The van der Waals surface area contributed by atoms with E-state index in [0.29, 0.717) is 23.3 Å². The molecule has 4 aromatic rings. The van der Waals surface area contributed by atoms with Crippen LogP contribution < -0.4 is 15.7 Å². The van der Waals surface area contributed by atoms with Gasteiger partial charge in [0.15, 0.2) is 0 Å². The predicted octanol–water partition coefficient (Wildman–Crippen LogP) is 3.97. The Bertz CT molecular complexity index is 1450. The third-order valence-electron chi connectivity index (χ3n) is 6.91. The Hall–Kier alpha value is -3.62. The van der Waals surface area contributed by atoms with Gasteiger partial charge < -0.3 is 23.8 Å². The van der Waals surface area contributed by atoms with Crippen molar-refractivity contribution in [2.45, 2.75) is 26.3 Å². The first kappa shape index (κ1) is 24.1. The van der Waals surface area contributed by atoms with Crippen molar-refractivity contribution in [3.63, 3.8) is 0 Å². The van der Waals surface area contributed by atoms with E-state index in [9.17, 15) is 9.59 Å². The van der Waals surface area contributed by atoms with Crippen molar-refractivity contribution < 1.29 is 18.7 Å². The van der Waals surface area contributed by atoms with Crippen LogP contribution >= 0.6 is 0 Å². The van der Waals surface area contributed by atoms with Gasteiger partial charge in [0.25, 0.3) is 0 Å². The first-order valence-corrected chi connectivity index (χ1v) is 12.3. The predicted molar refractivity (Wildman–Crippen MR) is 140 cm³/mol. The molecular weight excluding hydrogens is 458 g/mol. The molecule has 3 heterocycles. The average Bonchev–Trinajstić information content (AvgIpc) is 3.29. The van der Waals surface area contributed by atoms with Crippen LogP contribution in [0.1, 0.15) is 17.5 Å². The van der Waals surface area contributed by atoms with Crippen LogP contribution in [0.2, 0.25) is 0 Å². The summed E-state index contributed by atoms with van der Waals surface area (Å²) in [5, 5.41) is 4.89. The number of hydrogen-bond acceptors (Lipinski definition) is 6. The summed E-state index contributed by atoms with van der Waals surface area (Å²) in [6.07, 6.45) is 2.59. The summed E-state index contributed by atoms with van der Waals surface area (Å²) in [6.45, 7) is 7.34. The number of nitrogens with one attached hydrogen (secondary N) is 1. The van der Waals surface area contributed by atoms with E-state index < -0.39 is 5.63 Å². The molecule has 8 nitrogen and oxygen atoms in total. The van der Waals surface area contributed by atoms with E-state index in [1.165, 1.54) is 0 Å². The van der Waals surface area contributed by atoms with Gasteiger partial charge in [-0.15, -0.1) is 0 Å². The molecule has 1 saturated heterocycles. The molecule has 1 amide bonds. The minimum atomic E-state index is -0.416. The van der Waals surface area contributed by atoms with Crippen LogP contribution in [0.5, 0.6) is 5.75 Å². The molecule has 0 unspecified atom stereocenters. The van der Waals surface area contributed by atoms with E-state index in [1.54, 1.807) is 13.2 Å². The number of anilines is 1. The lowest BCUT2D eigenvalue weighted by atomic mass is 10.0. The maximum absolute atomic E-state index is 12.7. The number of amides is 1.